The van der Waals surface area contributed by atoms with Crippen LogP contribution >= 0.6 is 0 Å². The van der Waals surface area contributed by atoms with Crippen LogP contribution in [0.2, 0.25) is 0 Å². The molecule has 1 N–H and O–H groups in total. The highest BCUT2D eigenvalue weighted by molar-refractivity contribution is 6.04. The van der Waals surface area contributed by atoms with Gasteiger partial charge in [0, 0.05) is 16.9 Å². The van der Waals surface area contributed by atoms with Gasteiger partial charge >= 0.3 is 0 Å². The number of fused-ring (bicyclic) bond motifs is 1. The molecular weight excluding hydrogens is 305 g/mol. The van der Waals surface area contributed by atoms with Crippen LogP contribution in [0.4, 0.5) is 10.1 Å². The average Bonchev–Trinajstić information content (AvgIpc) is 3.20. The number of anilines is 1. The van der Waals surface area contributed by atoms with Gasteiger partial charge in [-0.25, -0.2) is 9.07 Å². The minimum absolute atomic E-state index is 0.255. The summed E-state index contributed by atoms with van der Waals surface area (Å²) in [6, 6.07) is 15.6. The molecular formula is C19H16FN3O. The van der Waals surface area contributed by atoms with Crippen molar-refractivity contribution in [2.45, 2.75) is 19.3 Å². The van der Waals surface area contributed by atoms with Crippen molar-refractivity contribution in [3.05, 3.63) is 77.4 Å². The summed E-state index contributed by atoms with van der Waals surface area (Å²) < 4.78 is 14.9. The molecule has 4 rings (SSSR count). The van der Waals surface area contributed by atoms with Gasteiger partial charge in [-0.15, -0.1) is 0 Å². The van der Waals surface area contributed by atoms with E-state index in [2.05, 4.69) is 10.4 Å². The lowest BCUT2D eigenvalue weighted by Crippen LogP contribution is -2.15. The molecule has 1 aromatic heterocycles. The van der Waals surface area contributed by atoms with E-state index < -0.39 is 0 Å². The minimum atomic E-state index is -0.331. The van der Waals surface area contributed by atoms with Crippen LogP contribution < -0.4 is 5.32 Å². The SMILES string of the molecule is O=C(Nc1ccc(F)cc1)c1nn(-c2ccccc2)c2c1CCC2. The maximum Gasteiger partial charge on any atom is 0.276 e. The first-order valence-electron chi connectivity index (χ1n) is 7.95. The van der Waals surface area contributed by atoms with Crippen LogP contribution in [-0.4, -0.2) is 15.7 Å². The summed E-state index contributed by atoms with van der Waals surface area (Å²) in [5.41, 5.74) is 4.08. The Labute approximate surface area is 138 Å². The maximum atomic E-state index is 13.0. The lowest BCUT2D eigenvalue weighted by atomic mass is 10.2. The third-order valence-electron chi connectivity index (χ3n) is 4.25. The van der Waals surface area contributed by atoms with Gasteiger partial charge in [0.1, 0.15) is 5.82 Å². The predicted molar refractivity (Wildman–Crippen MR) is 89.9 cm³/mol. The number of carbonyl (C=O) groups is 1. The first-order chi connectivity index (χ1) is 11.7. The first-order valence-corrected chi connectivity index (χ1v) is 7.95. The smallest absolute Gasteiger partial charge is 0.276 e. The number of hydrogen-bond donors (Lipinski definition) is 1. The lowest BCUT2D eigenvalue weighted by molar-refractivity contribution is 0.102. The zero-order chi connectivity index (χ0) is 16.5. The second kappa shape index (κ2) is 5.92. The molecule has 4 nitrogen and oxygen atoms in total. The maximum absolute atomic E-state index is 13.0. The summed E-state index contributed by atoms with van der Waals surface area (Å²) in [7, 11) is 0. The molecule has 120 valence electrons. The molecule has 0 atom stereocenters. The van der Waals surface area contributed by atoms with Gasteiger partial charge in [0.2, 0.25) is 0 Å². The topological polar surface area (TPSA) is 46.9 Å². The van der Waals surface area contributed by atoms with E-state index in [0.717, 1.165) is 36.2 Å². The van der Waals surface area contributed by atoms with Gasteiger partial charge in [0.25, 0.3) is 5.91 Å². The molecule has 0 spiro atoms. The Morgan fingerprint density at radius 1 is 1.04 bits per heavy atom. The highest BCUT2D eigenvalue weighted by Gasteiger charge is 2.26. The summed E-state index contributed by atoms with van der Waals surface area (Å²) in [5, 5.41) is 7.34. The third kappa shape index (κ3) is 2.58. The second-order valence-corrected chi connectivity index (χ2v) is 5.84. The number of benzene rings is 2. The number of para-hydroxylation sites is 1. The van der Waals surface area contributed by atoms with Crippen molar-refractivity contribution in [3.63, 3.8) is 0 Å². The first kappa shape index (κ1) is 14.6. The number of aromatic nitrogens is 2. The number of nitrogens with zero attached hydrogens (tertiary/aromatic N) is 2. The van der Waals surface area contributed by atoms with Crippen molar-refractivity contribution >= 4 is 11.6 Å². The monoisotopic (exact) mass is 321 g/mol. The molecule has 0 saturated heterocycles. The Morgan fingerprint density at radius 2 is 1.79 bits per heavy atom. The van der Waals surface area contributed by atoms with Crippen molar-refractivity contribution in [3.8, 4) is 5.69 Å². The van der Waals surface area contributed by atoms with Crippen molar-refractivity contribution in [2.75, 3.05) is 5.32 Å². The zero-order valence-corrected chi connectivity index (χ0v) is 13.0. The Morgan fingerprint density at radius 3 is 2.54 bits per heavy atom. The van der Waals surface area contributed by atoms with E-state index in [1.54, 1.807) is 12.1 Å². The Hall–Kier alpha value is -2.95. The van der Waals surface area contributed by atoms with Crippen LogP contribution in [0.25, 0.3) is 5.69 Å². The summed E-state index contributed by atoms with van der Waals surface area (Å²) in [6.45, 7) is 0. The van der Waals surface area contributed by atoms with Gasteiger partial charge in [-0.3, -0.25) is 4.79 Å². The van der Waals surface area contributed by atoms with Crippen LogP contribution in [-0.2, 0) is 12.8 Å². The number of nitrogens with one attached hydrogen (secondary N) is 1. The molecule has 1 heterocycles. The standard InChI is InChI=1S/C19H16FN3O/c20-13-9-11-14(12-10-13)21-19(24)18-16-7-4-8-17(16)23(22-18)15-5-2-1-3-6-15/h1-3,5-6,9-12H,4,7-8H2,(H,21,24). The molecule has 0 saturated carbocycles. The molecule has 1 aliphatic rings. The predicted octanol–water partition coefficient (Wildman–Crippen LogP) is 3.75. The van der Waals surface area contributed by atoms with Crippen molar-refractivity contribution in [1.82, 2.24) is 9.78 Å². The van der Waals surface area contributed by atoms with Crippen molar-refractivity contribution in [1.29, 1.82) is 0 Å². The Kier molecular flexibility index (Phi) is 3.61. The second-order valence-electron chi connectivity index (χ2n) is 5.84. The third-order valence-corrected chi connectivity index (χ3v) is 4.25. The fourth-order valence-corrected chi connectivity index (χ4v) is 3.13. The van der Waals surface area contributed by atoms with E-state index >= 15 is 0 Å². The van der Waals surface area contributed by atoms with Crippen molar-refractivity contribution in [2.24, 2.45) is 0 Å². The molecule has 0 radical (unpaired) electrons. The molecule has 2 aromatic carbocycles. The fraction of sp³-hybridized carbons (Fsp3) is 0.158. The number of carbonyl (C=O) groups excluding carboxylic acids is 1. The van der Waals surface area contributed by atoms with Gasteiger partial charge in [0.05, 0.1) is 5.69 Å². The van der Waals surface area contributed by atoms with E-state index in [9.17, 15) is 9.18 Å². The summed E-state index contributed by atoms with van der Waals surface area (Å²) in [4.78, 5) is 12.6. The highest BCUT2D eigenvalue weighted by Crippen LogP contribution is 2.28. The largest absolute Gasteiger partial charge is 0.321 e. The van der Waals surface area contributed by atoms with E-state index in [0.29, 0.717) is 11.4 Å². The molecule has 0 fully saturated rings. The molecule has 0 unspecified atom stereocenters. The Bertz CT molecular complexity index is 885. The Balaban J connectivity index is 1.68. The van der Waals surface area contributed by atoms with Gasteiger partial charge < -0.3 is 5.32 Å². The van der Waals surface area contributed by atoms with Crippen LogP contribution in [0, 0.1) is 5.82 Å². The van der Waals surface area contributed by atoms with Crippen LogP contribution in [0.15, 0.2) is 54.6 Å². The van der Waals surface area contributed by atoms with Crippen molar-refractivity contribution < 1.29 is 9.18 Å². The van der Waals surface area contributed by atoms with Crippen LogP contribution in [0.5, 0.6) is 0 Å². The summed E-state index contributed by atoms with van der Waals surface area (Å²) in [5.74, 6) is -0.586. The van der Waals surface area contributed by atoms with E-state index in [1.165, 1.54) is 12.1 Å². The van der Waals surface area contributed by atoms with E-state index in [1.807, 2.05) is 35.0 Å². The molecule has 0 bridgehead atoms. The van der Waals surface area contributed by atoms with Gasteiger partial charge in [0.15, 0.2) is 5.69 Å². The molecule has 1 amide bonds. The zero-order valence-electron chi connectivity index (χ0n) is 13.0. The molecule has 0 aliphatic heterocycles. The minimum Gasteiger partial charge on any atom is -0.321 e. The normalized spacial score (nSPS) is 12.9. The lowest BCUT2D eigenvalue weighted by Gasteiger charge is -2.05. The number of amides is 1. The number of hydrogen-bond acceptors (Lipinski definition) is 2. The molecule has 3 aromatic rings. The van der Waals surface area contributed by atoms with E-state index in [4.69, 9.17) is 0 Å². The highest BCUT2D eigenvalue weighted by atomic mass is 19.1. The summed E-state index contributed by atoms with van der Waals surface area (Å²) in [6.07, 6.45) is 2.80. The summed E-state index contributed by atoms with van der Waals surface area (Å²) >= 11 is 0. The molecule has 5 heteroatoms. The fourth-order valence-electron chi connectivity index (χ4n) is 3.13. The van der Waals surface area contributed by atoms with Gasteiger partial charge in [-0.2, -0.15) is 5.10 Å². The number of halogens is 1. The number of rotatable bonds is 3. The van der Waals surface area contributed by atoms with Crippen LogP contribution in [0.3, 0.4) is 0 Å². The molecule has 24 heavy (non-hydrogen) atoms. The average molecular weight is 321 g/mol. The van der Waals surface area contributed by atoms with Gasteiger partial charge in [-0.05, 0) is 55.7 Å². The van der Waals surface area contributed by atoms with E-state index in [-0.39, 0.29) is 11.7 Å². The molecule has 1 aliphatic carbocycles. The van der Waals surface area contributed by atoms with Crippen LogP contribution in [0.1, 0.15) is 28.2 Å². The van der Waals surface area contributed by atoms with Gasteiger partial charge in [-0.1, -0.05) is 18.2 Å². The quantitative estimate of drug-likeness (QED) is 0.798.